The lowest BCUT2D eigenvalue weighted by atomic mass is 9.82. The third kappa shape index (κ3) is 19.1. The lowest BCUT2D eigenvalue weighted by Crippen LogP contribution is -2.59. The fourth-order valence-corrected chi connectivity index (χ4v) is 7.79. The van der Waals surface area contributed by atoms with Gasteiger partial charge in [-0.05, 0) is 56.9 Å². The molecule has 63 heavy (non-hydrogen) atoms. The maximum absolute atomic E-state index is 14.4. The molecule has 3 rings (SSSR count). The number of carbonyl (C=O) groups excluding carboxylic acids is 6. The molecular formula is C46H74N8O9. The van der Waals surface area contributed by atoms with Crippen LogP contribution in [-0.4, -0.2) is 106 Å². The summed E-state index contributed by atoms with van der Waals surface area (Å²) in [6.45, 7) is 12.7. The van der Waals surface area contributed by atoms with E-state index in [0.29, 0.717) is 25.0 Å². The van der Waals surface area contributed by atoms with Crippen LogP contribution in [0.2, 0.25) is 0 Å². The van der Waals surface area contributed by atoms with E-state index in [1.807, 2.05) is 58.0 Å². The zero-order valence-electron chi connectivity index (χ0n) is 38.5. The van der Waals surface area contributed by atoms with E-state index in [2.05, 4.69) is 36.6 Å². The number of H-pyrrole nitrogens is 1. The molecular weight excluding hydrogens is 809 g/mol. The van der Waals surface area contributed by atoms with Crippen molar-refractivity contribution in [1.29, 1.82) is 0 Å². The number of nitrogens with zero attached hydrogens (tertiary/aromatic N) is 1. The van der Waals surface area contributed by atoms with Gasteiger partial charge in [-0.2, -0.15) is 0 Å². The number of aromatic nitrogens is 2. The minimum Gasteiger partial charge on any atom is -0.469 e. The number of aliphatic hydroxyl groups is 1. The predicted molar refractivity (Wildman–Crippen MR) is 239 cm³/mol. The molecule has 2 unspecified atom stereocenters. The van der Waals surface area contributed by atoms with Gasteiger partial charge in [0.15, 0.2) is 0 Å². The Balaban J connectivity index is 1.85. The largest absolute Gasteiger partial charge is 0.469 e. The quantitative estimate of drug-likeness (QED) is 0.0705. The first kappa shape index (κ1) is 52.3. The minimum atomic E-state index is -1.20. The van der Waals surface area contributed by atoms with E-state index in [9.17, 15) is 33.9 Å². The Labute approximate surface area is 372 Å². The summed E-state index contributed by atoms with van der Waals surface area (Å²) in [6.07, 6.45) is 7.13. The highest BCUT2D eigenvalue weighted by Crippen LogP contribution is 2.28. The van der Waals surface area contributed by atoms with Gasteiger partial charge >= 0.3 is 12.1 Å². The highest BCUT2D eigenvalue weighted by molar-refractivity contribution is 5.92. The van der Waals surface area contributed by atoms with Crippen molar-refractivity contribution in [2.45, 2.75) is 173 Å². The molecule has 0 radical (unpaired) electrons. The number of aromatic amines is 1. The number of amides is 5. The molecule has 1 heterocycles. The Hall–Kier alpha value is -5.03. The van der Waals surface area contributed by atoms with Gasteiger partial charge in [0.25, 0.3) is 0 Å². The van der Waals surface area contributed by atoms with Crippen LogP contribution >= 0.6 is 0 Å². The van der Waals surface area contributed by atoms with Crippen molar-refractivity contribution in [3.8, 4) is 0 Å². The van der Waals surface area contributed by atoms with E-state index in [1.54, 1.807) is 27.0 Å². The van der Waals surface area contributed by atoms with E-state index in [-0.39, 0.29) is 43.4 Å². The highest BCUT2D eigenvalue weighted by atomic mass is 16.6. The maximum atomic E-state index is 14.4. The third-order valence-corrected chi connectivity index (χ3v) is 11.4. The van der Waals surface area contributed by atoms with E-state index in [0.717, 1.165) is 37.7 Å². The number of imidazole rings is 1. The summed E-state index contributed by atoms with van der Waals surface area (Å²) in [6, 6.07) is 3.60. The maximum Gasteiger partial charge on any atom is 0.408 e. The number of aliphatic hydroxyl groups excluding tert-OH is 1. The predicted octanol–water partition coefficient (Wildman–Crippen LogP) is 3.73. The molecule has 1 aliphatic rings. The van der Waals surface area contributed by atoms with Gasteiger partial charge in [0.1, 0.15) is 23.7 Å². The average molecular weight is 883 g/mol. The minimum absolute atomic E-state index is 0.0335. The lowest BCUT2D eigenvalue weighted by molar-refractivity contribution is -0.144. The number of benzene rings is 1. The van der Waals surface area contributed by atoms with Crippen LogP contribution in [0.3, 0.4) is 0 Å². The van der Waals surface area contributed by atoms with E-state index in [1.165, 1.54) is 13.4 Å². The second-order valence-corrected chi connectivity index (χ2v) is 18.5. The number of rotatable bonds is 24. The Morgan fingerprint density at radius 2 is 1.49 bits per heavy atom. The lowest BCUT2D eigenvalue weighted by Gasteiger charge is -2.33. The summed E-state index contributed by atoms with van der Waals surface area (Å²) in [7, 11) is 1.23. The number of esters is 1. The molecule has 0 saturated heterocycles. The van der Waals surface area contributed by atoms with Gasteiger partial charge < -0.3 is 51.9 Å². The number of ether oxygens (including phenoxy) is 2. The fourth-order valence-electron chi connectivity index (χ4n) is 7.79. The Kier molecular flexibility index (Phi) is 21.5. The van der Waals surface area contributed by atoms with Crippen molar-refractivity contribution in [3.05, 3.63) is 54.1 Å². The Morgan fingerprint density at radius 1 is 0.857 bits per heavy atom. The van der Waals surface area contributed by atoms with Crippen molar-refractivity contribution in [2.75, 3.05) is 7.11 Å². The molecule has 17 nitrogen and oxygen atoms in total. The summed E-state index contributed by atoms with van der Waals surface area (Å²) < 4.78 is 10.2. The van der Waals surface area contributed by atoms with Crippen molar-refractivity contribution in [3.63, 3.8) is 0 Å². The number of methoxy groups -OCH3 is 1. The Morgan fingerprint density at radius 3 is 2.08 bits per heavy atom. The summed E-state index contributed by atoms with van der Waals surface area (Å²) in [5.74, 6) is -2.76. The normalized spacial score (nSPS) is 17.1. The van der Waals surface area contributed by atoms with Gasteiger partial charge in [0, 0.05) is 43.2 Å². The van der Waals surface area contributed by atoms with Gasteiger partial charge in [-0.25, -0.2) is 9.78 Å². The number of hydrogen-bond donors (Lipinski definition) is 8. The zero-order chi connectivity index (χ0) is 46.7. The SMILES string of the molecule is CC[C@H](C)[C@H](NC(=O)CC(N)C(CC1CCCCC1)NC(=O)[C@H](Cc1cnc[nH]1)NC(=O)[C@H](Cc1ccccc1)NC(=O)OC(C)(C)C)C(=O)N[C@@H](CC(C)C)[C@@H](O)CC(=O)OC. The van der Waals surface area contributed by atoms with Crippen molar-refractivity contribution < 1.29 is 43.3 Å². The molecule has 352 valence electrons. The van der Waals surface area contributed by atoms with Crippen LogP contribution in [0.4, 0.5) is 4.79 Å². The van der Waals surface area contributed by atoms with Gasteiger partial charge in [-0.3, -0.25) is 24.0 Å². The summed E-state index contributed by atoms with van der Waals surface area (Å²) in [5.41, 5.74) is 7.37. The van der Waals surface area contributed by atoms with Gasteiger partial charge in [-0.15, -0.1) is 0 Å². The molecule has 1 aromatic carbocycles. The van der Waals surface area contributed by atoms with Crippen LogP contribution in [-0.2, 0) is 46.3 Å². The van der Waals surface area contributed by atoms with E-state index >= 15 is 0 Å². The van der Waals surface area contributed by atoms with Crippen LogP contribution in [0, 0.1) is 17.8 Å². The molecule has 5 amide bonds. The first-order valence-electron chi connectivity index (χ1n) is 22.5. The zero-order valence-corrected chi connectivity index (χ0v) is 38.5. The number of nitrogens with two attached hydrogens (primary N) is 1. The van der Waals surface area contributed by atoms with Crippen LogP contribution in [0.25, 0.3) is 0 Å². The molecule has 17 heteroatoms. The average Bonchev–Trinajstić information content (AvgIpc) is 3.74. The topological polar surface area (TPSA) is 256 Å². The second-order valence-electron chi connectivity index (χ2n) is 18.5. The first-order chi connectivity index (χ1) is 29.8. The monoisotopic (exact) mass is 883 g/mol. The first-order valence-corrected chi connectivity index (χ1v) is 22.5. The van der Waals surface area contributed by atoms with Crippen LogP contribution in [0.1, 0.15) is 124 Å². The molecule has 1 aliphatic carbocycles. The van der Waals surface area contributed by atoms with Gasteiger partial charge in [-0.1, -0.05) is 96.6 Å². The van der Waals surface area contributed by atoms with E-state index in [4.69, 9.17) is 15.2 Å². The third-order valence-electron chi connectivity index (χ3n) is 11.4. The van der Waals surface area contributed by atoms with Crippen LogP contribution < -0.4 is 32.3 Å². The number of carbonyl (C=O) groups is 6. The molecule has 9 N–H and O–H groups in total. The molecule has 0 spiro atoms. The fraction of sp³-hybridized carbons (Fsp3) is 0.674. The number of nitrogens with one attached hydrogen (secondary N) is 6. The molecule has 2 aromatic rings. The number of alkyl carbamates (subject to hydrolysis) is 1. The highest BCUT2D eigenvalue weighted by Gasteiger charge is 2.35. The van der Waals surface area contributed by atoms with Gasteiger partial charge in [0.05, 0.1) is 32.0 Å². The molecule has 1 saturated carbocycles. The van der Waals surface area contributed by atoms with E-state index < -0.39 is 83.6 Å². The van der Waals surface area contributed by atoms with Crippen molar-refractivity contribution >= 4 is 35.7 Å². The molecule has 1 aromatic heterocycles. The van der Waals surface area contributed by atoms with Crippen molar-refractivity contribution in [1.82, 2.24) is 36.6 Å². The molecule has 0 bridgehead atoms. The second kappa shape index (κ2) is 25.9. The Bertz CT molecular complexity index is 1730. The van der Waals surface area contributed by atoms with Crippen LogP contribution in [0.5, 0.6) is 0 Å². The van der Waals surface area contributed by atoms with Crippen LogP contribution in [0.15, 0.2) is 42.9 Å². The summed E-state index contributed by atoms with van der Waals surface area (Å²) in [5, 5.41) is 25.2. The summed E-state index contributed by atoms with van der Waals surface area (Å²) in [4.78, 5) is 88.2. The molecule has 0 aliphatic heterocycles. The smallest absolute Gasteiger partial charge is 0.408 e. The number of hydrogen-bond acceptors (Lipinski definition) is 11. The van der Waals surface area contributed by atoms with Gasteiger partial charge in [0.2, 0.25) is 23.6 Å². The molecule has 1 fully saturated rings. The summed E-state index contributed by atoms with van der Waals surface area (Å²) >= 11 is 0. The van der Waals surface area contributed by atoms with Crippen molar-refractivity contribution in [2.24, 2.45) is 23.5 Å². The standard InChI is InChI=1S/C46H74N8O9/c1-9-29(4)41(44(60)51-35(20-28(2)3)38(55)25-40(57)62-8)54-39(56)24-33(47)34(21-30-16-12-10-13-17-30)50-43(59)37(23-32-26-48-27-49-32)52-42(58)36(22-31-18-14-11-15-19-31)53-45(61)63-46(5,6)7/h11,14-15,18-19,26-30,33-38,41,55H,9-10,12-13,16-17,20-25,47H2,1-8H3,(H,48,49)(H,50,59)(H,51,60)(H,52,58)(H,53,61)(H,54,56)/t29-,33?,34?,35-,36-,37-,38-,41-/m0/s1. The molecule has 8 atom stereocenters.